The second-order valence-corrected chi connectivity index (χ2v) is 10.5. The van der Waals surface area contributed by atoms with Crippen LogP contribution in [0.1, 0.15) is 69.6 Å². The minimum atomic E-state index is 0.256. The molecule has 4 rings (SSSR count). The summed E-state index contributed by atoms with van der Waals surface area (Å²) in [5.41, 5.74) is 3.14. The lowest BCUT2D eigenvalue weighted by molar-refractivity contribution is -0.128. The fourth-order valence-corrected chi connectivity index (χ4v) is 4.98. The van der Waals surface area contributed by atoms with Crippen LogP contribution in [0.15, 0.2) is 30.5 Å². The van der Waals surface area contributed by atoms with E-state index in [4.69, 9.17) is 0 Å². The van der Waals surface area contributed by atoms with Crippen LogP contribution in [0.25, 0.3) is 0 Å². The van der Waals surface area contributed by atoms with Gasteiger partial charge in [0.05, 0.1) is 6.20 Å². The zero-order valence-corrected chi connectivity index (χ0v) is 20.6. The monoisotopic (exact) mass is 460 g/mol. The lowest BCUT2D eigenvalue weighted by Gasteiger charge is -2.41. The lowest BCUT2D eigenvalue weighted by atomic mass is 9.68. The summed E-state index contributed by atoms with van der Waals surface area (Å²) in [5.74, 6) is 2.11. The van der Waals surface area contributed by atoms with Crippen LogP contribution in [0.2, 0.25) is 0 Å². The fourth-order valence-electron chi connectivity index (χ4n) is 4.98. The molecule has 7 heteroatoms. The van der Waals surface area contributed by atoms with Gasteiger partial charge in [-0.3, -0.25) is 4.79 Å². The number of carbonyl (C=O) groups excluding carboxylic acids is 1. The predicted molar refractivity (Wildman–Crippen MR) is 134 cm³/mol. The average Bonchev–Trinajstić information content (AvgIpc) is 3.22. The van der Waals surface area contributed by atoms with E-state index in [-0.39, 0.29) is 11.3 Å². The molecule has 7 nitrogen and oxygen atoms in total. The first-order chi connectivity index (χ1) is 16.3. The molecule has 2 aromatic rings. The summed E-state index contributed by atoms with van der Waals surface area (Å²) in [5, 5.41) is 16.3. The molecular formula is C27H36N6O. The SMILES string of the molecule is C[C@H]1CC[C@@H](Nc2nc(NCCc3ccc(CN4CCCC4=O)cc3)ncc2C#N)CC1(C)C. The topological polar surface area (TPSA) is 93.9 Å². The first-order valence-corrected chi connectivity index (χ1v) is 12.5. The van der Waals surface area contributed by atoms with Crippen LogP contribution >= 0.6 is 0 Å². The van der Waals surface area contributed by atoms with E-state index in [1.807, 2.05) is 4.90 Å². The van der Waals surface area contributed by atoms with Crippen molar-refractivity contribution in [2.45, 2.75) is 71.9 Å². The van der Waals surface area contributed by atoms with Crippen molar-refractivity contribution in [3.63, 3.8) is 0 Å². The smallest absolute Gasteiger partial charge is 0.224 e. The van der Waals surface area contributed by atoms with Crippen molar-refractivity contribution in [2.24, 2.45) is 11.3 Å². The van der Waals surface area contributed by atoms with Crippen molar-refractivity contribution in [1.29, 1.82) is 5.26 Å². The maximum absolute atomic E-state index is 11.8. The van der Waals surface area contributed by atoms with Crippen molar-refractivity contribution in [3.8, 4) is 6.07 Å². The number of nitrogens with one attached hydrogen (secondary N) is 2. The molecule has 34 heavy (non-hydrogen) atoms. The number of rotatable bonds is 8. The second-order valence-electron chi connectivity index (χ2n) is 10.5. The standard InChI is InChI=1S/C27H36N6O/c1-19-6-11-23(15-27(19,2)3)31-25-22(16-28)17-30-26(32-25)29-13-12-20-7-9-21(10-8-20)18-33-14-4-5-24(33)34/h7-10,17,19,23H,4-6,11-15,18H2,1-3H3,(H2,29,30,31,32)/t19-,23+/m0/s1. The van der Waals surface area contributed by atoms with E-state index >= 15 is 0 Å². The van der Waals surface area contributed by atoms with Crippen molar-refractivity contribution < 1.29 is 4.79 Å². The second kappa shape index (κ2) is 10.4. The quantitative estimate of drug-likeness (QED) is 0.590. The number of anilines is 2. The predicted octanol–water partition coefficient (Wildman–Crippen LogP) is 4.75. The first-order valence-electron chi connectivity index (χ1n) is 12.5. The van der Waals surface area contributed by atoms with Crippen LogP contribution in [0.5, 0.6) is 0 Å². The molecule has 2 N–H and O–H groups in total. The average molecular weight is 461 g/mol. The van der Waals surface area contributed by atoms with Gasteiger partial charge >= 0.3 is 0 Å². The lowest BCUT2D eigenvalue weighted by Crippen LogP contribution is -2.37. The van der Waals surface area contributed by atoms with Gasteiger partial charge in [-0.2, -0.15) is 10.2 Å². The van der Waals surface area contributed by atoms with E-state index < -0.39 is 0 Å². The van der Waals surface area contributed by atoms with Crippen LogP contribution < -0.4 is 10.6 Å². The van der Waals surface area contributed by atoms with Crippen LogP contribution in [0.4, 0.5) is 11.8 Å². The molecule has 1 aromatic carbocycles. The fraction of sp³-hybridized carbons (Fsp3) is 0.556. The largest absolute Gasteiger partial charge is 0.366 e. The highest BCUT2D eigenvalue weighted by atomic mass is 16.2. The van der Waals surface area contributed by atoms with Gasteiger partial charge in [0, 0.05) is 32.1 Å². The summed E-state index contributed by atoms with van der Waals surface area (Å²) >= 11 is 0. The minimum absolute atomic E-state index is 0.256. The highest BCUT2D eigenvalue weighted by Crippen LogP contribution is 2.41. The number of aromatic nitrogens is 2. The Labute approximate surface area is 203 Å². The number of likely N-dealkylation sites (tertiary alicyclic amines) is 1. The van der Waals surface area contributed by atoms with E-state index in [1.54, 1.807) is 6.20 Å². The van der Waals surface area contributed by atoms with E-state index in [2.05, 4.69) is 71.7 Å². The summed E-state index contributed by atoms with van der Waals surface area (Å²) < 4.78 is 0. The Morgan fingerprint density at radius 2 is 1.97 bits per heavy atom. The van der Waals surface area contributed by atoms with Crippen LogP contribution in [-0.4, -0.2) is 39.9 Å². The Kier molecular flexibility index (Phi) is 7.35. The van der Waals surface area contributed by atoms with Gasteiger partial charge in [0.25, 0.3) is 0 Å². The third-order valence-electron chi connectivity index (χ3n) is 7.57. The Bertz CT molecular complexity index is 1040. The van der Waals surface area contributed by atoms with Crippen LogP contribution in [0, 0.1) is 22.7 Å². The van der Waals surface area contributed by atoms with E-state index in [0.29, 0.717) is 48.8 Å². The van der Waals surface area contributed by atoms with Gasteiger partial charge in [0.2, 0.25) is 11.9 Å². The molecule has 1 saturated carbocycles. The van der Waals surface area contributed by atoms with Crippen molar-refractivity contribution in [1.82, 2.24) is 14.9 Å². The molecule has 0 spiro atoms. The molecule has 0 radical (unpaired) electrons. The highest BCUT2D eigenvalue weighted by Gasteiger charge is 2.34. The summed E-state index contributed by atoms with van der Waals surface area (Å²) in [7, 11) is 0. The van der Waals surface area contributed by atoms with Gasteiger partial charge in [-0.1, -0.05) is 45.0 Å². The molecule has 1 aromatic heterocycles. The van der Waals surface area contributed by atoms with Crippen molar-refractivity contribution in [3.05, 3.63) is 47.2 Å². The first kappa shape index (κ1) is 24.0. The molecule has 2 atom stereocenters. The molecule has 2 aliphatic rings. The molecule has 0 bridgehead atoms. The molecule has 2 fully saturated rings. The third-order valence-corrected chi connectivity index (χ3v) is 7.57. The number of hydrogen-bond donors (Lipinski definition) is 2. The summed E-state index contributed by atoms with van der Waals surface area (Å²) in [4.78, 5) is 22.7. The zero-order chi connectivity index (χ0) is 24.1. The van der Waals surface area contributed by atoms with Gasteiger partial charge in [-0.15, -0.1) is 0 Å². The zero-order valence-electron chi connectivity index (χ0n) is 20.6. The number of hydrogen-bond acceptors (Lipinski definition) is 6. The van der Waals surface area contributed by atoms with Crippen LogP contribution in [0.3, 0.4) is 0 Å². The maximum Gasteiger partial charge on any atom is 0.224 e. The highest BCUT2D eigenvalue weighted by molar-refractivity contribution is 5.78. The minimum Gasteiger partial charge on any atom is -0.366 e. The summed E-state index contributed by atoms with van der Waals surface area (Å²) in [6, 6.07) is 11.0. The van der Waals surface area contributed by atoms with Gasteiger partial charge in [-0.05, 0) is 54.6 Å². The van der Waals surface area contributed by atoms with Gasteiger partial charge in [0.1, 0.15) is 17.5 Å². The van der Waals surface area contributed by atoms with Gasteiger partial charge in [-0.25, -0.2) is 4.98 Å². The molecule has 2 heterocycles. The van der Waals surface area contributed by atoms with E-state index in [1.165, 1.54) is 17.5 Å². The number of nitrogens with zero attached hydrogens (tertiary/aromatic N) is 4. The molecule has 0 unspecified atom stereocenters. The van der Waals surface area contributed by atoms with Gasteiger partial charge < -0.3 is 15.5 Å². The molecule has 1 amide bonds. The Hall–Kier alpha value is -3.14. The van der Waals surface area contributed by atoms with E-state index in [9.17, 15) is 10.1 Å². The molecule has 1 aliphatic carbocycles. The summed E-state index contributed by atoms with van der Waals surface area (Å²) in [6.07, 6.45) is 7.41. The summed E-state index contributed by atoms with van der Waals surface area (Å²) in [6.45, 7) is 9.23. The third kappa shape index (κ3) is 5.85. The number of carbonyl (C=O) groups is 1. The number of amides is 1. The number of benzene rings is 1. The Balaban J connectivity index is 1.31. The van der Waals surface area contributed by atoms with Crippen LogP contribution in [-0.2, 0) is 17.8 Å². The maximum atomic E-state index is 11.8. The molecule has 1 aliphatic heterocycles. The Morgan fingerprint density at radius 1 is 1.21 bits per heavy atom. The van der Waals surface area contributed by atoms with E-state index in [0.717, 1.165) is 32.2 Å². The molecule has 180 valence electrons. The van der Waals surface area contributed by atoms with Crippen molar-refractivity contribution in [2.75, 3.05) is 23.7 Å². The number of nitriles is 1. The normalized spacial score (nSPS) is 21.8. The van der Waals surface area contributed by atoms with Gasteiger partial charge in [0.15, 0.2) is 0 Å². The van der Waals surface area contributed by atoms with Crippen molar-refractivity contribution >= 4 is 17.7 Å². The Morgan fingerprint density at radius 3 is 2.65 bits per heavy atom. The molecular weight excluding hydrogens is 424 g/mol. The molecule has 1 saturated heterocycles.